The third-order valence-electron chi connectivity index (χ3n) is 2.96. The van der Waals surface area contributed by atoms with E-state index in [0.29, 0.717) is 10.8 Å². The Morgan fingerprint density at radius 1 is 0.556 bits per heavy atom. The zero-order valence-corrected chi connectivity index (χ0v) is 8.98. The smallest absolute Gasteiger partial charge is 0.198 e. The molecule has 3 rings (SSSR count). The van der Waals surface area contributed by atoms with Crippen LogP contribution in [0.25, 0.3) is 21.5 Å². The zero-order chi connectivity index (χ0) is 12.9. The molecule has 0 aliphatic rings. The van der Waals surface area contributed by atoms with Crippen LogP contribution in [0.2, 0.25) is 0 Å². The highest BCUT2D eigenvalue weighted by Crippen LogP contribution is 2.32. The Morgan fingerprint density at radius 3 is 2.00 bits per heavy atom. The normalized spacial score (nSPS) is 11.3. The summed E-state index contributed by atoms with van der Waals surface area (Å²) in [6.07, 6.45) is 0. The summed E-state index contributed by atoms with van der Waals surface area (Å²) >= 11 is 0. The van der Waals surface area contributed by atoms with Gasteiger partial charge < -0.3 is 0 Å². The molecule has 90 valence electrons. The van der Waals surface area contributed by atoms with Gasteiger partial charge in [-0.25, -0.2) is 17.6 Å². The van der Waals surface area contributed by atoms with Gasteiger partial charge in [-0.2, -0.15) is 0 Å². The molecule has 0 radical (unpaired) electrons. The van der Waals surface area contributed by atoms with E-state index in [2.05, 4.69) is 0 Å². The lowest BCUT2D eigenvalue weighted by Gasteiger charge is -2.07. The van der Waals surface area contributed by atoms with Crippen LogP contribution in [0.1, 0.15) is 0 Å². The number of benzene rings is 3. The molecule has 0 aromatic heterocycles. The summed E-state index contributed by atoms with van der Waals surface area (Å²) in [5.41, 5.74) is 0. The zero-order valence-electron chi connectivity index (χ0n) is 8.98. The van der Waals surface area contributed by atoms with Gasteiger partial charge in [-0.3, -0.25) is 0 Å². The Labute approximate surface area is 99.5 Å². The second kappa shape index (κ2) is 3.70. The summed E-state index contributed by atoms with van der Waals surface area (Å²) in [6, 6.07) is 9.36. The average molecular weight is 250 g/mol. The fraction of sp³-hybridized carbons (Fsp3) is 0. The third kappa shape index (κ3) is 1.32. The number of hydrogen-bond acceptors (Lipinski definition) is 0. The molecule has 3 aromatic rings. The van der Waals surface area contributed by atoms with E-state index in [4.69, 9.17) is 0 Å². The molecule has 3 aromatic carbocycles. The quantitative estimate of drug-likeness (QED) is 0.237. The summed E-state index contributed by atoms with van der Waals surface area (Å²) in [4.78, 5) is 0. The molecular formula is C14H6F4. The van der Waals surface area contributed by atoms with Gasteiger partial charge in [0.2, 0.25) is 0 Å². The Bertz CT molecular complexity index is 778. The minimum absolute atomic E-state index is 0.232. The van der Waals surface area contributed by atoms with Crippen LogP contribution in [0.4, 0.5) is 17.6 Å². The van der Waals surface area contributed by atoms with Gasteiger partial charge in [0, 0.05) is 10.8 Å². The number of hydrogen-bond donors (Lipinski definition) is 0. The van der Waals surface area contributed by atoms with Crippen LogP contribution in [0.3, 0.4) is 0 Å². The Hall–Kier alpha value is -2.10. The molecular weight excluding hydrogens is 244 g/mol. The molecule has 0 N–H and O–H groups in total. The van der Waals surface area contributed by atoms with Crippen LogP contribution < -0.4 is 0 Å². The molecule has 0 heterocycles. The molecule has 0 fully saturated rings. The molecule has 4 heteroatoms. The van der Waals surface area contributed by atoms with Crippen molar-refractivity contribution in [1.82, 2.24) is 0 Å². The highest BCUT2D eigenvalue weighted by Gasteiger charge is 2.21. The van der Waals surface area contributed by atoms with E-state index in [-0.39, 0.29) is 10.8 Å². The van der Waals surface area contributed by atoms with Crippen LogP contribution in [0.15, 0.2) is 36.4 Å². The molecule has 0 saturated carbocycles. The SMILES string of the molecule is Fc1c(F)c(F)c2c(ccc3ccccc32)c1F. The lowest BCUT2D eigenvalue weighted by Crippen LogP contribution is -1.98. The number of halogens is 4. The van der Waals surface area contributed by atoms with Crippen LogP contribution in [-0.2, 0) is 0 Å². The van der Waals surface area contributed by atoms with Gasteiger partial charge in [0.15, 0.2) is 23.3 Å². The number of fused-ring (bicyclic) bond motifs is 3. The van der Waals surface area contributed by atoms with Crippen molar-refractivity contribution in [2.75, 3.05) is 0 Å². The number of rotatable bonds is 0. The van der Waals surface area contributed by atoms with Crippen molar-refractivity contribution in [3.63, 3.8) is 0 Å². The van der Waals surface area contributed by atoms with E-state index in [0.717, 1.165) is 0 Å². The molecule has 0 aliphatic heterocycles. The van der Waals surface area contributed by atoms with Gasteiger partial charge >= 0.3 is 0 Å². The Morgan fingerprint density at radius 2 is 1.22 bits per heavy atom. The van der Waals surface area contributed by atoms with E-state index in [9.17, 15) is 17.6 Å². The van der Waals surface area contributed by atoms with Crippen LogP contribution in [-0.4, -0.2) is 0 Å². The van der Waals surface area contributed by atoms with Crippen molar-refractivity contribution < 1.29 is 17.6 Å². The molecule has 0 amide bonds. The van der Waals surface area contributed by atoms with Crippen molar-refractivity contribution >= 4 is 21.5 Å². The monoisotopic (exact) mass is 250 g/mol. The van der Waals surface area contributed by atoms with E-state index in [1.807, 2.05) is 0 Å². The van der Waals surface area contributed by atoms with Gasteiger partial charge in [0.1, 0.15) is 0 Å². The topological polar surface area (TPSA) is 0 Å². The molecule has 0 atom stereocenters. The largest absolute Gasteiger partial charge is 0.203 e. The second-order valence-corrected chi connectivity index (χ2v) is 3.97. The molecule has 18 heavy (non-hydrogen) atoms. The fourth-order valence-electron chi connectivity index (χ4n) is 2.11. The van der Waals surface area contributed by atoms with Crippen LogP contribution >= 0.6 is 0 Å². The van der Waals surface area contributed by atoms with Crippen molar-refractivity contribution in [3.8, 4) is 0 Å². The molecule has 0 aliphatic carbocycles. The van der Waals surface area contributed by atoms with E-state index in [1.54, 1.807) is 18.2 Å². The maximum absolute atomic E-state index is 13.8. The predicted octanol–water partition coefficient (Wildman–Crippen LogP) is 4.55. The van der Waals surface area contributed by atoms with Gasteiger partial charge in [-0.1, -0.05) is 36.4 Å². The van der Waals surface area contributed by atoms with E-state index in [1.165, 1.54) is 18.2 Å². The highest BCUT2D eigenvalue weighted by molar-refractivity contribution is 6.07. The third-order valence-corrected chi connectivity index (χ3v) is 2.96. The first-order valence-electron chi connectivity index (χ1n) is 5.24. The lowest BCUT2D eigenvalue weighted by atomic mass is 10.0. The van der Waals surface area contributed by atoms with Gasteiger partial charge in [0.25, 0.3) is 0 Å². The minimum atomic E-state index is -1.78. The van der Waals surface area contributed by atoms with Crippen LogP contribution in [0.5, 0.6) is 0 Å². The summed E-state index contributed by atoms with van der Waals surface area (Å²) in [5, 5.41) is 0.495. The van der Waals surface area contributed by atoms with Crippen molar-refractivity contribution in [1.29, 1.82) is 0 Å². The predicted molar refractivity (Wildman–Crippen MR) is 61.3 cm³/mol. The van der Waals surface area contributed by atoms with Crippen molar-refractivity contribution in [2.24, 2.45) is 0 Å². The van der Waals surface area contributed by atoms with E-state index < -0.39 is 23.3 Å². The van der Waals surface area contributed by atoms with Gasteiger partial charge in [-0.15, -0.1) is 0 Å². The maximum atomic E-state index is 13.8. The maximum Gasteiger partial charge on any atom is 0.198 e. The standard InChI is InChI=1S/C14H6F4/c15-11-9-6-5-7-3-1-2-4-8(7)10(9)12(16)14(18)13(11)17/h1-6H. The highest BCUT2D eigenvalue weighted by atomic mass is 19.2. The first kappa shape index (κ1) is 11.0. The fourth-order valence-corrected chi connectivity index (χ4v) is 2.11. The molecule has 0 nitrogen and oxygen atoms in total. The molecule has 0 unspecified atom stereocenters. The summed E-state index contributed by atoms with van der Waals surface area (Å²) in [5.74, 6) is -6.29. The van der Waals surface area contributed by atoms with Gasteiger partial charge in [0.05, 0.1) is 0 Å². The Balaban J connectivity index is 2.66. The van der Waals surface area contributed by atoms with Crippen molar-refractivity contribution in [2.45, 2.75) is 0 Å². The summed E-state index contributed by atoms with van der Waals surface area (Å²) in [7, 11) is 0. The first-order valence-corrected chi connectivity index (χ1v) is 5.24. The summed E-state index contributed by atoms with van der Waals surface area (Å²) < 4.78 is 53.8. The minimum Gasteiger partial charge on any atom is -0.203 e. The van der Waals surface area contributed by atoms with E-state index >= 15 is 0 Å². The Kier molecular flexibility index (Phi) is 2.26. The van der Waals surface area contributed by atoms with Crippen LogP contribution in [0, 0.1) is 23.3 Å². The second-order valence-electron chi connectivity index (χ2n) is 3.97. The molecule has 0 saturated heterocycles. The molecule has 0 spiro atoms. The van der Waals surface area contributed by atoms with Gasteiger partial charge in [-0.05, 0) is 10.8 Å². The molecule has 0 bridgehead atoms. The average Bonchev–Trinajstić information content (AvgIpc) is 2.41. The lowest BCUT2D eigenvalue weighted by molar-refractivity contribution is 0.418. The summed E-state index contributed by atoms with van der Waals surface area (Å²) in [6.45, 7) is 0. The van der Waals surface area contributed by atoms with Crippen molar-refractivity contribution in [3.05, 3.63) is 59.7 Å². The first-order chi connectivity index (χ1) is 8.61.